The molecular weight excluding hydrogens is 348 g/mol. The van der Waals surface area contributed by atoms with Crippen molar-refractivity contribution in [3.8, 4) is 0 Å². The van der Waals surface area contributed by atoms with Gasteiger partial charge in [-0.25, -0.2) is 8.42 Å². The van der Waals surface area contributed by atoms with Crippen LogP contribution in [-0.2, 0) is 14.8 Å². The van der Waals surface area contributed by atoms with Gasteiger partial charge in [-0.05, 0) is 38.1 Å². The van der Waals surface area contributed by atoms with Crippen molar-refractivity contribution < 1.29 is 22.4 Å². The maximum Gasteiger partial charge on any atom is 0.322 e. The van der Waals surface area contributed by atoms with Gasteiger partial charge in [0.15, 0.2) is 0 Å². The molecule has 1 aliphatic heterocycles. The van der Waals surface area contributed by atoms with Gasteiger partial charge in [0.25, 0.3) is 5.91 Å². The Labute approximate surface area is 145 Å². The Bertz CT molecular complexity index is 825. The molecule has 2 aromatic rings. The Morgan fingerprint density at radius 3 is 2.40 bits per heavy atom. The predicted octanol–water partition coefficient (Wildman–Crippen LogP) is 1.12. The van der Waals surface area contributed by atoms with Crippen LogP contribution in [0.3, 0.4) is 0 Å². The van der Waals surface area contributed by atoms with Crippen molar-refractivity contribution >= 4 is 21.9 Å². The SMILES string of the molecule is CC1CN(S(=O)(=O)c2ccc(C(=O)Nc3nnco3)cc2)CC(C)O1. The van der Waals surface area contributed by atoms with Crippen LogP contribution in [0.1, 0.15) is 24.2 Å². The third-order valence-electron chi connectivity index (χ3n) is 3.72. The van der Waals surface area contributed by atoms with E-state index >= 15 is 0 Å². The van der Waals surface area contributed by atoms with E-state index in [1.54, 1.807) is 0 Å². The van der Waals surface area contributed by atoms with Crippen LogP contribution in [-0.4, -0.2) is 54.1 Å². The molecule has 134 valence electrons. The van der Waals surface area contributed by atoms with Gasteiger partial charge in [-0.3, -0.25) is 10.1 Å². The molecular formula is C15H18N4O5S. The number of nitrogens with one attached hydrogen (secondary N) is 1. The average molecular weight is 366 g/mol. The number of aromatic nitrogens is 2. The van der Waals surface area contributed by atoms with Crippen molar-refractivity contribution in [2.45, 2.75) is 31.0 Å². The second kappa shape index (κ2) is 6.90. The van der Waals surface area contributed by atoms with Crippen molar-refractivity contribution in [2.75, 3.05) is 18.4 Å². The first-order valence-corrected chi connectivity index (χ1v) is 9.13. The molecule has 9 nitrogen and oxygen atoms in total. The molecule has 0 bridgehead atoms. The smallest absolute Gasteiger partial charge is 0.322 e. The van der Waals surface area contributed by atoms with E-state index in [4.69, 9.17) is 9.15 Å². The van der Waals surface area contributed by atoms with E-state index in [1.807, 2.05) is 13.8 Å². The highest BCUT2D eigenvalue weighted by Crippen LogP contribution is 2.21. The molecule has 0 aliphatic carbocycles. The van der Waals surface area contributed by atoms with Crippen LogP contribution in [0.4, 0.5) is 6.01 Å². The molecule has 1 amide bonds. The molecule has 25 heavy (non-hydrogen) atoms. The van der Waals surface area contributed by atoms with Gasteiger partial charge in [-0.2, -0.15) is 4.31 Å². The number of carbonyl (C=O) groups is 1. The topological polar surface area (TPSA) is 115 Å². The summed E-state index contributed by atoms with van der Waals surface area (Å²) in [5.74, 6) is -0.471. The van der Waals surface area contributed by atoms with E-state index in [-0.39, 0.29) is 28.7 Å². The second-order valence-corrected chi connectivity index (χ2v) is 7.74. The number of nitrogens with zero attached hydrogens (tertiary/aromatic N) is 3. The lowest BCUT2D eigenvalue weighted by molar-refractivity contribution is -0.0440. The molecule has 1 saturated heterocycles. The normalized spacial score (nSPS) is 21.8. The third kappa shape index (κ3) is 3.86. The van der Waals surface area contributed by atoms with Gasteiger partial charge >= 0.3 is 6.01 Å². The van der Waals surface area contributed by atoms with E-state index in [1.165, 1.54) is 28.6 Å². The molecule has 2 heterocycles. The lowest BCUT2D eigenvalue weighted by Gasteiger charge is -2.34. The van der Waals surface area contributed by atoms with Crippen molar-refractivity contribution in [2.24, 2.45) is 0 Å². The highest BCUT2D eigenvalue weighted by atomic mass is 32.2. The number of sulfonamides is 1. The maximum absolute atomic E-state index is 12.8. The zero-order valence-corrected chi connectivity index (χ0v) is 14.6. The van der Waals surface area contributed by atoms with Crippen molar-refractivity contribution in [3.63, 3.8) is 0 Å². The van der Waals surface area contributed by atoms with Crippen molar-refractivity contribution in [3.05, 3.63) is 36.2 Å². The lowest BCUT2D eigenvalue weighted by atomic mass is 10.2. The molecule has 2 unspecified atom stereocenters. The fourth-order valence-corrected chi connectivity index (χ4v) is 4.24. The van der Waals surface area contributed by atoms with Crippen LogP contribution in [0.25, 0.3) is 0 Å². The minimum absolute atomic E-state index is 0.0296. The molecule has 0 saturated carbocycles. The van der Waals surface area contributed by atoms with Gasteiger partial charge in [-0.1, -0.05) is 5.10 Å². The average Bonchev–Trinajstić information content (AvgIpc) is 3.07. The van der Waals surface area contributed by atoms with Crippen LogP contribution in [0, 0.1) is 0 Å². The Morgan fingerprint density at radius 1 is 1.20 bits per heavy atom. The first kappa shape index (κ1) is 17.5. The number of carbonyl (C=O) groups excluding carboxylic acids is 1. The number of hydrogen-bond acceptors (Lipinski definition) is 7. The van der Waals surface area contributed by atoms with E-state index in [0.717, 1.165) is 6.39 Å². The molecule has 1 N–H and O–H groups in total. The van der Waals surface area contributed by atoms with Gasteiger partial charge in [0, 0.05) is 18.7 Å². The second-order valence-electron chi connectivity index (χ2n) is 5.80. The fraction of sp³-hybridized carbons (Fsp3) is 0.400. The quantitative estimate of drug-likeness (QED) is 0.862. The Balaban J connectivity index is 1.76. The summed E-state index contributed by atoms with van der Waals surface area (Å²) in [6.45, 7) is 4.27. The number of anilines is 1. The molecule has 1 fully saturated rings. The first-order chi connectivity index (χ1) is 11.9. The summed E-state index contributed by atoms with van der Waals surface area (Å²) >= 11 is 0. The molecule has 1 aliphatic rings. The minimum atomic E-state index is -3.64. The van der Waals surface area contributed by atoms with Gasteiger partial charge in [0.1, 0.15) is 0 Å². The summed E-state index contributed by atoms with van der Waals surface area (Å²) in [7, 11) is -3.64. The van der Waals surface area contributed by atoms with E-state index in [9.17, 15) is 13.2 Å². The molecule has 1 aromatic carbocycles. The maximum atomic E-state index is 12.8. The molecule has 0 spiro atoms. The van der Waals surface area contributed by atoms with E-state index in [0.29, 0.717) is 13.1 Å². The summed E-state index contributed by atoms with van der Waals surface area (Å²) in [6.07, 6.45) is 0.756. The molecule has 3 rings (SSSR count). The highest BCUT2D eigenvalue weighted by molar-refractivity contribution is 7.89. The van der Waals surface area contributed by atoms with Crippen LogP contribution in [0.15, 0.2) is 40.0 Å². The van der Waals surface area contributed by atoms with Crippen LogP contribution in [0.5, 0.6) is 0 Å². The number of amides is 1. The number of hydrogen-bond donors (Lipinski definition) is 1. The van der Waals surface area contributed by atoms with Gasteiger partial charge in [-0.15, -0.1) is 5.10 Å². The summed E-state index contributed by atoms with van der Waals surface area (Å²) in [5, 5.41) is 9.42. The largest absolute Gasteiger partial charge is 0.411 e. The highest BCUT2D eigenvalue weighted by Gasteiger charge is 2.32. The standard InChI is InChI=1S/C15H18N4O5S/c1-10-7-19(8-11(2)24-10)25(21,22)13-5-3-12(4-6-13)14(20)17-15-18-16-9-23-15/h3-6,9-11H,7-8H2,1-2H3,(H,17,18,20). The van der Waals surface area contributed by atoms with E-state index in [2.05, 4.69) is 15.5 Å². The molecule has 2 atom stereocenters. The Morgan fingerprint density at radius 2 is 1.84 bits per heavy atom. The summed E-state index contributed by atoms with van der Waals surface area (Å²) < 4.78 is 37.3. The van der Waals surface area contributed by atoms with E-state index < -0.39 is 15.9 Å². The van der Waals surface area contributed by atoms with Crippen LogP contribution < -0.4 is 5.32 Å². The van der Waals surface area contributed by atoms with Crippen LogP contribution >= 0.6 is 0 Å². The summed E-state index contributed by atoms with van der Waals surface area (Å²) in [6, 6.07) is 5.65. The lowest BCUT2D eigenvalue weighted by Crippen LogP contribution is -2.48. The number of benzene rings is 1. The Kier molecular flexibility index (Phi) is 4.84. The molecule has 10 heteroatoms. The third-order valence-corrected chi connectivity index (χ3v) is 5.57. The fourth-order valence-electron chi connectivity index (χ4n) is 2.65. The Hall–Kier alpha value is -2.30. The first-order valence-electron chi connectivity index (χ1n) is 7.69. The minimum Gasteiger partial charge on any atom is -0.411 e. The zero-order chi connectivity index (χ0) is 18.0. The molecule has 0 radical (unpaired) electrons. The monoisotopic (exact) mass is 366 g/mol. The zero-order valence-electron chi connectivity index (χ0n) is 13.7. The van der Waals surface area contributed by atoms with Crippen molar-refractivity contribution in [1.29, 1.82) is 0 Å². The molecule has 1 aromatic heterocycles. The number of ether oxygens (including phenoxy) is 1. The van der Waals surface area contributed by atoms with Gasteiger partial charge in [0.05, 0.1) is 17.1 Å². The predicted molar refractivity (Wildman–Crippen MR) is 87.5 cm³/mol. The van der Waals surface area contributed by atoms with Crippen LogP contribution in [0.2, 0.25) is 0 Å². The summed E-state index contributed by atoms with van der Waals surface area (Å²) in [5.41, 5.74) is 0.279. The summed E-state index contributed by atoms with van der Waals surface area (Å²) in [4.78, 5) is 12.2. The van der Waals surface area contributed by atoms with Gasteiger partial charge < -0.3 is 9.15 Å². The number of morpholine rings is 1. The van der Waals surface area contributed by atoms with Crippen molar-refractivity contribution in [1.82, 2.24) is 14.5 Å². The number of rotatable bonds is 4. The van der Waals surface area contributed by atoms with Gasteiger partial charge in [0.2, 0.25) is 16.4 Å².